The van der Waals surface area contributed by atoms with Crippen molar-refractivity contribution in [1.82, 2.24) is 29.5 Å². The van der Waals surface area contributed by atoms with Gasteiger partial charge in [0.25, 0.3) is 0 Å². The van der Waals surface area contributed by atoms with Gasteiger partial charge in [0.2, 0.25) is 5.95 Å². The average molecular weight is 495 g/mol. The molecule has 10 heteroatoms. The first-order chi connectivity index (χ1) is 18.1. The Morgan fingerprint density at radius 3 is 2.78 bits per heavy atom. The molecular formula is C27H26N8O2. The third kappa shape index (κ3) is 3.99. The van der Waals surface area contributed by atoms with Crippen LogP contribution in [0.3, 0.4) is 0 Å². The molecule has 2 atom stereocenters. The van der Waals surface area contributed by atoms with E-state index in [2.05, 4.69) is 30.2 Å². The van der Waals surface area contributed by atoms with E-state index in [1.165, 1.54) is 6.33 Å². The molecular weight excluding hydrogens is 468 g/mol. The number of aryl methyl sites for hydroxylation is 2. The normalized spacial score (nSPS) is 19.0. The molecule has 0 aliphatic carbocycles. The molecule has 37 heavy (non-hydrogen) atoms. The Balaban J connectivity index is 1.14. The lowest BCUT2D eigenvalue weighted by molar-refractivity contribution is -0.0231. The summed E-state index contributed by atoms with van der Waals surface area (Å²) in [6.07, 6.45) is 7.56. The number of piperidine rings is 1. The number of anilines is 3. The summed E-state index contributed by atoms with van der Waals surface area (Å²) in [4.78, 5) is 25.0. The van der Waals surface area contributed by atoms with E-state index in [4.69, 9.17) is 14.5 Å². The molecule has 2 aromatic carbocycles. The van der Waals surface area contributed by atoms with Gasteiger partial charge < -0.3 is 24.3 Å². The average Bonchev–Trinajstić information content (AvgIpc) is 3.30. The highest BCUT2D eigenvalue weighted by atomic mass is 16.5. The predicted octanol–water partition coefficient (Wildman–Crippen LogP) is 4.52. The molecule has 0 spiro atoms. The van der Waals surface area contributed by atoms with Gasteiger partial charge in [-0.2, -0.15) is 0 Å². The lowest BCUT2D eigenvalue weighted by atomic mass is 9.97. The van der Waals surface area contributed by atoms with Crippen molar-refractivity contribution < 1.29 is 9.47 Å². The molecule has 6 heterocycles. The van der Waals surface area contributed by atoms with Crippen LogP contribution in [0.5, 0.6) is 11.5 Å². The maximum atomic E-state index is 6.17. The van der Waals surface area contributed by atoms with Crippen LogP contribution in [0.15, 0.2) is 55.2 Å². The SMILES string of the molecule is Cc1cc(Nc2ncnc3cnc(N4C[C@@H]5CC[C@H]4CO5)nc23)ccc1Oc1ccc2c(c1)ncn2C. The molecule has 3 aromatic heterocycles. The van der Waals surface area contributed by atoms with Crippen molar-refractivity contribution >= 4 is 39.5 Å². The number of morpholine rings is 1. The monoisotopic (exact) mass is 494 g/mol. The molecule has 3 aliphatic rings. The first-order valence-electron chi connectivity index (χ1n) is 12.4. The minimum absolute atomic E-state index is 0.253. The standard InChI is InChI=1S/C27H26N8O2/c1-16-9-17(3-8-24(16)37-19-6-7-23-21(10-19)31-15-34(23)2)32-26-25-22(29-14-30-26)11-28-27(33-25)35-12-20-5-4-18(35)13-36-20/h3,6-11,14-15,18,20H,4-5,12-13H2,1-2H3,(H,29,30,32)/t18-,20-/m0/s1. The second-order valence-electron chi connectivity index (χ2n) is 9.68. The number of nitrogens with zero attached hydrogens (tertiary/aromatic N) is 7. The fourth-order valence-electron chi connectivity index (χ4n) is 5.15. The van der Waals surface area contributed by atoms with Crippen molar-refractivity contribution in [3.63, 3.8) is 0 Å². The molecule has 0 unspecified atom stereocenters. The molecule has 3 aliphatic heterocycles. The maximum absolute atomic E-state index is 6.17. The number of fused-ring (bicyclic) bond motifs is 5. The van der Waals surface area contributed by atoms with Gasteiger partial charge in [-0.15, -0.1) is 0 Å². The lowest BCUT2D eigenvalue weighted by Gasteiger charge is -2.45. The zero-order chi connectivity index (χ0) is 24.9. The minimum Gasteiger partial charge on any atom is -0.457 e. The van der Waals surface area contributed by atoms with Crippen molar-refractivity contribution in [2.75, 3.05) is 23.4 Å². The first kappa shape index (κ1) is 21.9. The number of imidazole rings is 1. The number of benzene rings is 2. The van der Waals surface area contributed by atoms with Gasteiger partial charge in [-0.25, -0.2) is 24.9 Å². The number of hydrogen-bond donors (Lipinski definition) is 1. The molecule has 0 saturated carbocycles. The molecule has 0 amide bonds. The van der Waals surface area contributed by atoms with E-state index in [1.807, 2.05) is 54.9 Å². The Hall–Kier alpha value is -4.31. The molecule has 8 rings (SSSR count). The second-order valence-corrected chi connectivity index (χ2v) is 9.68. The van der Waals surface area contributed by atoms with Crippen molar-refractivity contribution in [3.05, 3.63) is 60.8 Å². The van der Waals surface area contributed by atoms with Gasteiger partial charge in [0.05, 0.1) is 42.3 Å². The Morgan fingerprint density at radius 2 is 1.97 bits per heavy atom. The van der Waals surface area contributed by atoms with Crippen LogP contribution in [0, 0.1) is 6.92 Å². The van der Waals surface area contributed by atoms with Crippen LogP contribution in [0.1, 0.15) is 18.4 Å². The Labute approximate surface area is 213 Å². The molecule has 0 radical (unpaired) electrons. The summed E-state index contributed by atoms with van der Waals surface area (Å²) in [6.45, 7) is 3.57. The molecule has 2 bridgehead atoms. The highest BCUT2D eigenvalue weighted by molar-refractivity contribution is 5.87. The molecule has 3 saturated heterocycles. The maximum Gasteiger partial charge on any atom is 0.226 e. The van der Waals surface area contributed by atoms with Gasteiger partial charge in [0, 0.05) is 25.3 Å². The van der Waals surface area contributed by atoms with Crippen LogP contribution in [0.2, 0.25) is 0 Å². The van der Waals surface area contributed by atoms with Crippen molar-refractivity contribution in [2.24, 2.45) is 7.05 Å². The van der Waals surface area contributed by atoms with E-state index in [1.54, 1.807) is 12.5 Å². The number of hydrogen-bond acceptors (Lipinski definition) is 9. The molecule has 5 aromatic rings. The van der Waals surface area contributed by atoms with E-state index in [0.29, 0.717) is 28.8 Å². The topological polar surface area (TPSA) is 103 Å². The number of ether oxygens (including phenoxy) is 2. The largest absolute Gasteiger partial charge is 0.457 e. The van der Waals surface area contributed by atoms with E-state index in [-0.39, 0.29) is 6.10 Å². The van der Waals surface area contributed by atoms with Gasteiger partial charge in [-0.1, -0.05) is 0 Å². The fourth-order valence-corrected chi connectivity index (χ4v) is 5.15. The van der Waals surface area contributed by atoms with Crippen LogP contribution >= 0.6 is 0 Å². The van der Waals surface area contributed by atoms with E-state index in [9.17, 15) is 0 Å². The molecule has 186 valence electrons. The summed E-state index contributed by atoms with van der Waals surface area (Å²) in [5.74, 6) is 2.87. The van der Waals surface area contributed by atoms with Crippen molar-refractivity contribution in [3.8, 4) is 11.5 Å². The summed E-state index contributed by atoms with van der Waals surface area (Å²) in [5, 5.41) is 3.42. The van der Waals surface area contributed by atoms with E-state index >= 15 is 0 Å². The highest BCUT2D eigenvalue weighted by Gasteiger charge is 2.36. The molecule has 1 N–H and O–H groups in total. The van der Waals surface area contributed by atoms with Crippen molar-refractivity contribution in [2.45, 2.75) is 31.9 Å². The zero-order valence-electron chi connectivity index (χ0n) is 20.6. The Kier molecular flexibility index (Phi) is 5.14. The predicted molar refractivity (Wildman–Crippen MR) is 140 cm³/mol. The minimum atomic E-state index is 0.253. The first-order valence-corrected chi connectivity index (χ1v) is 12.4. The number of aromatic nitrogens is 6. The fraction of sp³-hybridized carbons (Fsp3) is 0.296. The number of nitrogens with one attached hydrogen (secondary N) is 1. The van der Waals surface area contributed by atoms with E-state index < -0.39 is 0 Å². The van der Waals surface area contributed by atoms with Crippen LogP contribution in [0.25, 0.3) is 22.1 Å². The summed E-state index contributed by atoms with van der Waals surface area (Å²) >= 11 is 0. The van der Waals surface area contributed by atoms with Gasteiger partial charge in [-0.3, -0.25) is 0 Å². The van der Waals surface area contributed by atoms with Crippen LogP contribution < -0.4 is 15.0 Å². The molecule has 10 nitrogen and oxygen atoms in total. The summed E-state index contributed by atoms with van der Waals surface area (Å²) in [6, 6.07) is 12.2. The summed E-state index contributed by atoms with van der Waals surface area (Å²) < 4.78 is 14.0. The summed E-state index contributed by atoms with van der Waals surface area (Å²) in [5.41, 5.74) is 5.23. The van der Waals surface area contributed by atoms with E-state index in [0.717, 1.165) is 59.8 Å². The van der Waals surface area contributed by atoms with Crippen LogP contribution in [-0.4, -0.2) is 54.8 Å². The third-order valence-corrected chi connectivity index (χ3v) is 7.17. The quantitative estimate of drug-likeness (QED) is 0.378. The number of rotatable bonds is 5. The Bertz CT molecular complexity index is 1630. The molecule has 3 fully saturated rings. The third-order valence-electron chi connectivity index (χ3n) is 7.17. The Morgan fingerprint density at radius 1 is 1.03 bits per heavy atom. The second kappa shape index (κ2) is 8.67. The van der Waals surface area contributed by atoms with Crippen LogP contribution in [-0.2, 0) is 11.8 Å². The van der Waals surface area contributed by atoms with Crippen molar-refractivity contribution in [1.29, 1.82) is 0 Å². The van der Waals surface area contributed by atoms with Gasteiger partial charge >= 0.3 is 0 Å². The highest BCUT2D eigenvalue weighted by Crippen LogP contribution is 2.32. The smallest absolute Gasteiger partial charge is 0.226 e. The zero-order valence-corrected chi connectivity index (χ0v) is 20.6. The summed E-state index contributed by atoms with van der Waals surface area (Å²) in [7, 11) is 1.98. The lowest BCUT2D eigenvalue weighted by Crippen LogP contribution is -2.55. The van der Waals surface area contributed by atoms with Gasteiger partial charge in [0.15, 0.2) is 5.82 Å². The van der Waals surface area contributed by atoms with Gasteiger partial charge in [-0.05, 0) is 55.7 Å². The van der Waals surface area contributed by atoms with Gasteiger partial charge in [0.1, 0.15) is 28.9 Å². The van der Waals surface area contributed by atoms with Crippen LogP contribution in [0.4, 0.5) is 17.5 Å².